The van der Waals surface area contributed by atoms with Crippen LogP contribution in [0.5, 0.6) is 0 Å². The van der Waals surface area contributed by atoms with E-state index in [0.29, 0.717) is 0 Å². The van der Waals surface area contributed by atoms with Gasteiger partial charge in [0.2, 0.25) is 0 Å². The van der Waals surface area contributed by atoms with Crippen molar-refractivity contribution in [1.29, 1.82) is 0 Å². The van der Waals surface area contributed by atoms with Crippen molar-refractivity contribution < 1.29 is 33.5 Å². The van der Waals surface area contributed by atoms with Crippen molar-refractivity contribution in [2.45, 2.75) is 4.90 Å². The van der Waals surface area contributed by atoms with E-state index in [1.54, 1.807) is 0 Å². The Balaban J connectivity index is 0.000000461. The van der Waals surface area contributed by atoms with Crippen LogP contribution in [-0.2, 0) is 0 Å². The van der Waals surface area contributed by atoms with Gasteiger partial charge < -0.3 is 0 Å². The van der Waals surface area contributed by atoms with Gasteiger partial charge in [-0.2, -0.15) is 0 Å². The molecule has 0 aromatic heterocycles. The average Bonchev–Trinajstić information content (AvgIpc) is 2.72. The Morgan fingerprint density at radius 2 is 1.33 bits per heavy atom. The number of allylic oxidation sites excluding steroid dienone is 6. The minimum absolute atomic E-state index is 1.22. The summed E-state index contributed by atoms with van der Waals surface area (Å²) in [5.74, 6) is 0. The van der Waals surface area contributed by atoms with E-state index in [9.17, 15) is 0 Å². The van der Waals surface area contributed by atoms with E-state index in [1.165, 1.54) is 37.8 Å². The van der Waals surface area contributed by atoms with Crippen molar-refractivity contribution in [3.05, 3.63) is 107 Å². The summed E-state index contributed by atoms with van der Waals surface area (Å²) in [5.41, 5.74) is 6.35. The quantitative estimate of drug-likeness (QED) is 0.602. The second kappa shape index (κ2) is 9.57. The van der Waals surface area contributed by atoms with Crippen molar-refractivity contribution in [3.63, 3.8) is 0 Å². The molecular weight excluding hydrogens is 422 g/mol. The molecule has 0 unspecified atom stereocenters. The molecule has 1 aliphatic carbocycles. The number of rotatable bonds is 1. The summed E-state index contributed by atoms with van der Waals surface area (Å²) >= 11 is 1.85. The second-order valence-electron chi connectivity index (χ2n) is 6.71. The third kappa shape index (κ3) is 6.03. The molecule has 0 radical (unpaired) electrons. The summed E-state index contributed by atoms with van der Waals surface area (Å²) in [7, 11) is -0.803. The zero-order valence-corrected chi connectivity index (χ0v) is 18.0. The normalized spacial score (nSPS) is 15.3. The van der Waals surface area contributed by atoms with E-state index in [-0.39, 0.29) is 0 Å². The summed E-state index contributed by atoms with van der Waals surface area (Å²) in [6.45, 7) is 0. The third-order valence-electron chi connectivity index (χ3n) is 4.43. The molecule has 1 aliphatic heterocycles. The van der Waals surface area contributed by atoms with E-state index in [2.05, 4.69) is 104 Å². The van der Waals surface area contributed by atoms with Crippen LogP contribution in [0.25, 0.3) is 5.57 Å². The zero-order chi connectivity index (χ0) is 21.7. The van der Waals surface area contributed by atoms with Gasteiger partial charge in [-0.25, -0.2) is 23.2 Å². The molecule has 0 atom stereocenters. The van der Waals surface area contributed by atoms with Crippen molar-refractivity contribution in [3.8, 4) is 0 Å². The lowest BCUT2D eigenvalue weighted by Gasteiger charge is -2.21. The number of halogens is 1. The lowest BCUT2D eigenvalue weighted by atomic mass is 9.96. The van der Waals surface area contributed by atoms with Gasteiger partial charge in [0.1, 0.15) is 14.1 Å². The number of hydrogen-bond donors (Lipinski definition) is 0. The Kier molecular flexibility index (Phi) is 7.10. The van der Waals surface area contributed by atoms with E-state index in [0.717, 1.165) is 0 Å². The monoisotopic (exact) mass is 441 g/mol. The highest BCUT2D eigenvalue weighted by molar-refractivity contribution is 8.03. The standard InChI is InChI=1S/C23H20NS.ClHO4/c1-24(2)19-14-12-18(13-15-19)23-16-21(17-8-4-3-5-9-17)20-10-6-7-11-22(20)25-23;2-1(3,4)5/h3-16H,1-2H3;(H,2,3,4,5)/q+1;/p-1. The summed E-state index contributed by atoms with van der Waals surface area (Å²) in [4.78, 5) is 2.61. The number of thioether (sulfide) groups is 1. The van der Waals surface area contributed by atoms with E-state index >= 15 is 0 Å². The predicted molar refractivity (Wildman–Crippen MR) is 108 cm³/mol. The predicted octanol–water partition coefficient (Wildman–Crippen LogP) is 0.561. The van der Waals surface area contributed by atoms with E-state index in [4.69, 9.17) is 18.6 Å². The number of fused-ring (bicyclic) bond motifs is 1. The fourth-order valence-electron chi connectivity index (χ4n) is 3.06. The largest absolute Gasteiger partial charge is 0.235 e. The molecule has 30 heavy (non-hydrogen) atoms. The Labute approximate surface area is 182 Å². The summed E-state index contributed by atoms with van der Waals surface area (Å²) in [6.07, 6.45) is 11.1. The highest BCUT2D eigenvalue weighted by Gasteiger charge is 2.19. The smallest absolute Gasteiger partial charge is 0.199 e. The molecule has 0 fully saturated rings. The van der Waals surface area contributed by atoms with E-state index in [1.807, 2.05) is 11.8 Å². The molecule has 7 heteroatoms. The molecule has 2 aromatic rings. The average molecular weight is 442 g/mol. The van der Waals surface area contributed by atoms with Crippen LogP contribution in [0.15, 0.2) is 100 Å². The summed E-state index contributed by atoms with van der Waals surface area (Å²) in [5, 5.41) is 0. The van der Waals surface area contributed by atoms with Gasteiger partial charge >= 0.3 is 0 Å². The van der Waals surface area contributed by atoms with Crippen LogP contribution in [0, 0.1) is 10.2 Å². The van der Waals surface area contributed by atoms with Gasteiger partial charge in [-0.1, -0.05) is 60.3 Å². The highest BCUT2D eigenvalue weighted by Crippen LogP contribution is 2.44. The molecular formula is C23H20ClNO4S. The third-order valence-corrected chi connectivity index (χ3v) is 5.57. The minimum atomic E-state index is -4.94. The number of benzene rings is 2. The highest BCUT2D eigenvalue weighted by atomic mass is 35.7. The maximum atomic E-state index is 8.49. The van der Waals surface area contributed by atoms with Gasteiger partial charge in [0.05, 0.1) is 0 Å². The molecule has 0 saturated heterocycles. The molecule has 0 amide bonds. The van der Waals surface area contributed by atoms with Gasteiger partial charge in [0, 0.05) is 22.0 Å². The van der Waals surface area contributed by atoms with Gasteiger partial charge in [-0.3, -0.25) is 0 Å². The molecule has 4 rings (SSSR count). The first-order chi connectivity index (χ1) is 14.2. The van der Waals surface area contributed by atoms with Crippen LogP contribution >= 0.6 is 11.8 Å². The van der Waals surface area contributed by atoms with Crippen molar-refractivity contribution in [1.82, 2.24) is 0 Å². The molecule has 0 N–H and O–H groups in total. The zero-order valence-electron chi connectivity index (χ0n) is 16.4. The molecule has 0 bridgehead atoms. The van der Waals surface area contributed by atoms with Gasteiger partial charge in [-0.05, 0) is 46.6 Å². The Morgan fingerprint density at radius 3 is 1.93 bits per heavy atom. The van der Waals surface area contributed by atoms with Crippen LogP contribution in [0.3, 0.4) is 0 Å². The van der Waals surface area contributed by atoms with Crippen LogP contribution in [0.4, 0.5) is 0 Å². The Bertz CT molecular complexity index is 1050. The first-order valence-electron chi connectivity index (χ1n) is 9.03. The van der Waals surface area contributed by atoms with Gasteiger partial charge in [-0.15, -0.1) is 10.2 Å². The van der Waals surface area contributed by atoms with Crippen LogP contribution in [-0.4, -0.2) is 24.4 Å². The molecule has 5 nitrogen and oxygen atoms in total. The van der Waals surface area contributed by atoms with Crippen molar-refractivity contribution in [2.75, 3.05) is 14.1 Å². The minimum Gasteiger partial charge on any atom is -0.235 e. The lowest BCUT2D eigenvalue weighted by molar-refractivity contribution is -2.00. The van der Waals surface area contributed by atoms with Crippen molar-refractivity contribution >= 4 is 23.0 Å². The molecule has 154 valence electrons. The molecule has 2 aliphatic rings. The lowest BCUT2D eigenvalue weighted by Crippen LogP contribution is -2.68. The second-order valence-corrected chi connectivity index (χ2v) is 8.55. The van der Waals surface area contributed by atoms with Crippen LogP contribution in [0.1, 0.15) is 11.1 Å². The maximum Gasteiger partial charge on any atom is 0.199 e. The topological polar surface area (TPSA) is 95.2 Å². The fourth-order valence-corrected chi connectivity index (χ4v) is 4.16. The number of nitrogens with zero attached hydrogens (tertiary/aromatic N) is 1. The first-order valence-corrected chi connectivity index (χ1v) is 11.1. The first kappa shape index (κ1) is 22.2. The van der Waals surface area contributed by atoms with Gasteiger partial charge in [0.15, 0.2) is 5.71 Å². The SMILES string of the molecule is C[N+](C)=C1C=CC(=C2C=C(c3ccccc3)c3ccccc3S2)C=C1.[O-][Cl+3]([O-])([O-])[O-]. The summed E-state index contributed by atoms with van der Waals surface area (Å²) < 4.78 is 36.1. The van der Waals surface area contributed by atoms with Crippen LogP contribution in [0.2, 0.25) is 0 Å². The Hall–Kier alpha value is -2.45. The molecule has 0 saturated carbocycles. The Morgan fingerprint density at radius 1 is 0.767 bits per heavy atom. The van der Waals surface area contributed by atoms with E-state index < -0.39 is 10.2 Å². The van der Waals surface area contributed by atoms with Crippen LogP contribution < -0.4 is 18.6 Å². The molecule has 2 aromatic carbocycles. The maximum absolute atomic E-state index is 8.49. The van der Waals surface area contributed by atoms with Crippen molar-refractivity contribution in [2.24, 2.45) is 0 Å². The summed E-state index contributed by atoms with van der Waals surface area (Å²) in [6, 6.07) is 19.3. The van der Waals surface area contributed by atoms with Gasteiger partial charge in [0.25, 0.3) is 0 Å². The fraction of sp³-hybridized carbons (Fsp3) is 0.0870. The molecule has 0 spiro atoms. The number of hydrogen-bond acceptors (Lipinski definition) is 5. The molecule has 1 heterocycles.